The molecule has 0 amide bonds. The second-order valence-electron chi connectivity index (χ2n) is 8.72. The highest BCUT2D eigenvalue weighted by Gasteiger charge is 2.43. The summed E-state index contributed by atoms with van der Waals surface area (Å²) in [5, 5.41) is 0. The fraction of sp³-hybridized carbons (Fsp3) is 0.682. The van der Waals surface area contributed by atoms with Gasteiger partial charge in [-0.05, 0) is 55.9 Å². The number of benzene rings is 1. The van der Waals surface area contributed by atoms with E-state index in [0.29, 0.717) is 36.7 Å². The van der Waals surface area contributed by atoms with Gasteiger partial charge in [-0.25, -0.2) is 4.79 Å². The fourth-order valence-electron chi connectivity index (χ4n) is 4.64. The Balaban J connectivity index is 0.00000261. The maximum atomic E-state index is 12.4. The predicted octanol–water partition coefficient (Wildman–Crippen LogP) is 1.29. The molecule has 2 heterocycles. The zero-order chi connectivity index (χ0) is 18.6. The number of hydrogen-bond donors (Lipinski definition) is 0. The van der Waals surface area contributed by atoms with E-state index in [2.05, 4.69) is 20.9 Å². The summed E-state index contributed by atoms with van der Waals surface area (Å²) in [4.78, 5) is 12.4. The molecule has 2 aliphatic heterocycles. The molecule has 0 saturated carbocycles. The molecule has 0 aromatic heterocycles. The smallest absolute Gasteiger partial charge is 0.338 e. The average Bonchev–Trinajstić information content (AvgIpc) is 2.64. The van der Waals surface area contributed by atoms with Gasteiger partial charge in [0.1, 0.15) is 12.4 Å². The second kappa shape index (κ2) is 10.1. The summed E-state index contributed by atoms with van der Waals surface area (Å²) in [5.74, 6) is 1.58. The van der Waals surface area contributed by atoms with Crippen LogP contribution in [0.2, 0.25) is 0 Å². The lowest BCUT2D eigenvalue weighted by Crippen LogP contribution is -3.00. The second-order valence-corrected chi connectivity index (χ2v) is 8.72. The summed E-state index contributed by atoms with van der Waals surface area (Å²) in [6.07, 6.45) is 6.37. The first-order chi connectivity index (χ1) is 12.5. The molecule has 1 aromatic carbocycles. The fourth-order valence-corrected chi connectivity index (χ4v) is 4.64. The van der Waals surface area contributed by atoms with Gasteiger partial charge in [0.05, 0.1) is 38.3 Å². The molecule has 3 atom stereocenters. The van der Waals surface area contributed by atoms with Crippen LogP contribution in [0.1, 0.15) is 56.3 Å². The zero-order valence-electron chi connectivity index (χ0n) is 17.0. The van der Waals surface area contributed by atoms with Crippen LogP contribution >= 0.6 is 0 Å². The topological polar surface area (TPSA) is 35.5 Å². The quantitative estimate of drug-likeness (QED) is 0.345. The van der Waals surface area contributed by atoms with Crippen molar-refractivity contribution in [2.24, 2.45) is 11.8 Å². The normalized spacial score (nSPS) is 27.4. The van der Waals surface area contributed by atoms with E-state index in [9.17, 15) is 4.79 Å². The van der Waals surface area contributed by atoms with Gasteiger partial charge in [-0.15, -0.1) is 0 Å². The minimum atomic E-state index is -0.212. The summed E-state index contributed by atoms with van der Waals surface area (Å²) in [7, 11) is 2.40. The van der Waals surface area contributed by atoms with Gasteiger partial charge in [0.15, 0.2) is 0 Å². The number of fused-ring (bicyclic) bond motifs is 1. The van der Waals surface area contributed by atoms with E-state index in [1.165, 1.54) is 49.7 Å². The highest BCUT2D eigenvalue weighted by molar-refractivity contribution is 5.89. The monoisotopic (exact) mass is 487 g/mol. The lowest BCUT2D eigenvalue weighted by atomic mass is 9.82. The summed E-state index contributed by atoms with van der Waals surface area (Å²) >= 11 is 0. The van der Waals surface area contributed by atoms with Gasteiger partial charge in [-0.2, -0.15) is 0 Å². The average molecular weight is 487 g/mol. The summed E-state index contributed by atoms with van der Waals surface area (Å²) in [6.45, 7) is 8.05. The van der Waals surface area contributed by atoms with E-state index in [0.717, 1.165) is 5.75 Å². The number of hydrogen-bond acceptors (Lipinski definition) is 3. The van der Waals surface area contributed by atoms with Crippen LogP contribution < -0.4 is 28.7 Å². The molecule has 152 valence electrons. The third kappa shape index (κ3) is 5.83. The van der Waals surface area contributed by atoms with E-state index in [4.69, 9.17) is 9.47 Å². The van der Waals surface area contributed by atoms with Crippen LogP contribution in [0.3, 0.4) is 0 Å². The molecule has 0 bridgehead atoms. The van der Waals surface area contributed by atoms with E-state index < -0.39 is 0 Å². The van der Waals surface area contributed by atoms with E-state index in [-0.39, 0.29) is 29.9 Å². The molecular formula is C22H34INO3. The third-order valence-electron chi connectivity index (χ3n) is 6.11. The molecule has 27 heavy (non-hydrogen) atoms. The Morgan fingerprint density at radius 3 is 2.52 bits per heavy atom. The molecular weight excluding hydrogens is 453 g/mol. The Labute approximate surface area is 181 Å². The number of nitrogens with zero attached hydrogens (tertiary/aromatic N) is 1. The molecule has 2 fully saturated rings. The molecule has 1 aromatic rings. The van der Waals surface area contributed by atoms with Crippen molar-refractivity contribution < 1.29 is 42.7 Å². The number of halogens is 1. The number of carbonyl (C=O) groups excluding carboxylic acids is 1. The lowest BCUT2D eigenvalue weighted by Gasteiger charge is -2.51. The summed E-state index contributed by atoms with van der Waals surface area (Å²) < 4.78 is 12.6. The minimum Gasteiger partial charge on any atom is -1.00 e. The van der Waals surface area contributed by atoms with Gasteiger partial charge in [-0.3, -0.25) is 0 Å². The molecule has 3 rings (SSSR count). The predicted molar refractivity (Wildman–Crippen MR) is 103 cm³/mol. The van der Waals surface area contributed by atoms with Gasteiger partial charge in [-0.1, -0.05) is 13.8 Å². The Hall–Kier alpha value is -0.820. The summed E-state index contributed by atoms with van der Waals surface area (Å²) in [6, 6.07) is 7.99. The van der Waals surface area contributed by atoms with Crippen molar-refractivity contribution in [3.63, 3.8) is 0 Å². The van der Waals surface area contributed by atoms with Crippen LogP contribution in [0.15, 0.2) is 24.3 Å². The number of esters is 1. The van der Waals surface area contributed by atoms with Crippen LogP contribution in [0.5, 0.6) is 5.75 Å². The summed E-state index contributed by atoms with van der Waals surface area (Å²) in [5.41, 5.74) is 0.610. The molecule has 0 aliphatic carbocycles. The molecule has 1 unspecified atom stereocenters. The van der Waals surface area contributed by atoms with Crippen LogP contribution in [-0.4, -0.2) is 49.8 Å². The van der Waals surface area contributed by atoms with Crippen LogP contribution in [0, 0.1) is 11.8 Å². The van der Waals surface area contributed by atoms with Crippen molar-refractivity contribution in [3.05, 3.63) is 29.8 Å². The van der Waals surface area contributed by atoms with Crippen molar-refractivity contribution >= 4 is 5.97 Å². The molecule has 0 spiro atoms. The van der Waals surface area contributed by atoms with E-state index >= 15 is 0 Å². The Kier molecular flexibility index (Phi) is 8.40. The maximum absolute atomic E-state index is 12.4. The number of ether oxygens (including phenoxy) is 2. The zero-order valence-corrected chi connectivity index (χ0v) is 19.1. The molecule has 0 radical (unpaired) electrons. The first-order valence-corrected chi connectivity index (χ1v) is 10.2. The van der Waals surface area contributed by atoms with Gasteiger partial charge in [0, 0.05) is 12.3 Å². The highest BCUT2D eigenvalue weighted by atomic mass is 127. The molecule has 4 nitrogen and oxygen atoms in total. The molecule has 0 N–H and O–H groups in total. The molecule has 2 aliphatic rings. The van der Waals surface area contributed by atoms with Crippen LogP contribution in [-0.2, 0) is 4.74 Å². The third-order valence-corrected chi connectivity index (χ3v) is 6.11. The Morgan fingerprint density at radius 2 is 1.81 bits per heavy atom. The minimum absolute atomic E-state index is 0. The standard InChI is InChI=1S/C22H34NO3.HI/c1-17(2)15-25-20-11-9-18(10-12-20)22(24)26-16-19-7-6-14-23(3)13-5-4-8-21(19)23;/h9-12,17,19,21H,4-8,13-16H2,1-3H3;1H/q+1;/p-1/t19-,21+,23?;/m0./s1. The number of rotatable bonds is 6. The lowest BCUT2D eigenvalue weighted by molar-refractivity contribution is -0.947. The van der Waals surface area contributed by atoms with Gasteiger partial charge < -0.3 is 37.9 Å². The van der Waals surface area contributed by atoms with Crippen molar-refractivity contribution in [1.29, 1.82) is 0 Å². The molecule has 5 heteroatoms. The van der Waals surface area contributed by atoms with E-state index in [1.54, 1.807) is 12.1 Å². The first-order valence-electron chi connectivity index (χ1n) is 10.2. The van der Waals surface area contributed by atoms with E-state index in [1.807, 2.05) is 12.1 Å². The van der Waals surface area contributed by atoms with Crippen molar-refractivity contribution in [2.45, 2.75) is 52.0 Å². The first kappa shape index (κ1) is 22.5. The number of piperidine rings is 2. The highest BCUT2D eigenvalue weighted by Crippen LogP contribution is 2.36. The molecule has 2 saturated heterocycles. The Bertz CT molecular complexity index is 600. The number of carbonyl (C=O) groups is 1. The Morgan fingerprint density at radius 1 is 1.11 bits per heavy atom. The largest absolute Gasteiger partial charge is 1.00 e. The maximum Gasteiger partial charge on any atom is 0.338 e. The van der Waals surface area contributed by atoms with Gasteiger partial charge >= 0.3 is 5.97 Å². The number of quaternary nitrogens is 1. The van der Waals surface area contributed by atoms with Crippen LogP contribution in [0.25, 0.3) is 0 Å². The van der Waals surface area contributed by atoms with Crippen LogP contribution in [0.4, 0.5) is 0 Å². The van der Waals surface area contributed by atoms with Crippen molar-refractivity contribution in [1.82, 2.24) is 0 Å². The van der Waals surface area contributed by atoms with Gasteiger partial charge in [0.2, 0.25) is 0 Å². The van der Waals surface area contributed by atoms with Gasteiger partial charge in [0.25, 0.3) is 0 Å². The van der Waals surface area contributed by atoms with Crippen molar-refractivity contribution in [3.8, 4) is 5.75 Å². The van der Waals surface area contributed by atoms with Crippen molar-refractivity contribution in [2.75, 3.05) is 33.4 Å². The SMILES string of the molecule is CC(C)COc1ccc(C(=O)OC[C@@H]2CCC[N+]3(C)CCCC[C@H]23)cc1.[I-].